The second-order valence-electron chi connectivity index (χ2n) is 5.30. The van der Waals surface area contributed by atoms with Crippen molar-refractivity contribution in [3.63, 3.8) is 0 Å². The Hall–Kier alpha value is -1.64. The van der Waals surface area contributed by atoms with Crippen LogP contribution >= 0.6 is 0 Å². The summed E-state index contributed by atoms with van der Waals surface area (Å²) in [5, 5.41) is 9.08. The molecule has 7 nitrogen and oxygen atoms in total. The van der Waals surface area contributed by atoms with E-state index in [1.54, 1.807) is 0 Å². The van der Waals surface area contributed by atoms with Crippen LogP contribution < -0.4 is 9.46 Å². The summed E-state index contributed by atoms with van der Waals surface area (Å²) in [6.45, 7) is 3.15. The Labute approximate surface area is 122 Å². The van der Waals surface area contributed by atoms with Crippen LogP contribution in [0.25, 0.3) is 0 Å². The minimum atomic E-state index is -3.78. The lowest BCUT2D eigenvalue weighted by atomic mass is 9.89. The maximum Gasteiger partial charge on any atom is 0.339 e. The highest BCUT2D eigenvalue weighted by atomic mass is 32.2. The van der Waals surface area contributed by atoms with E-state index < -0.39 is 16.0 Å². The first-order chi connectivity index (χ1) is 9.77. The van der Waals surface area contributed by atoms with E-state index in [1.807, 2.05) is 6.92 Å². The van der Waals surface area contributed by atoms with Crippen LogP contribution in [0.3, 0.4) is 0 Å². The molecule has 1 heterocycles. The van der Waals surface area contributed by atoms with Crippen molar-refractivity contribution in [3.05, 3.63) is 23.8 Å². The van der Waals surface area contributed by atoms with Crippen molar-refractivity contribution >= 4 is 16.0 Å². The van der Waals surface area contributed by atoms with Gasteiger partial charge in [-0.2, -0.15) is 0 Å². The van der Waals surface area contributed by atoms with Crippen LogP contribution in [0.4, 0.5) is 0 Å². The first kappa shape index (κ1) is 15.7. The number of aromatic carboxylic acids is 1. The lowest BCUT2D eigenvalue weighted by molar-refractivity contribution is -0.0965. The molecule has 0 bridgehead atoms. The number of carbonyl (C=O) groups is 1. The molecule has 1 fully saturated rings. The molecule has 0 atom stereocenters. The Morgan fingerprint density at radius 2 is 2.14 bits per heavy atom. The molecule has 0 aromatic heterocycles. The van der Waals surface area contributed by atoms with Crippen molar-refractivity contribution < 1.29 is 27.8 Å². The monoisotopic (exact) mass is 315 g/mol. The summed E-state index contributed by atoms with van der Waals surface area (Å²) in [5.74, 6) is -1.14. The molecule has 1 aromatic rings. The molecule has 2 rings (SSSR count). The van der Waals surface area contributed by atoms with Gasteiger partial charge >= 0.3 is 5.97 Å². The quantitative estimate of drug-likeness (QED) is 0.801. The fraction of sp³-hybridized carbons (Fsp3) is 0.462. The fourth-order valence-corrected chi connectivity index (χ4v) is 3.15. The van der Waals surface area contributed by atoms with E-state index in [0.717, 1.165) is 6.07 Å². The van der Waals surface area contributed by atoms with Crippen molar-refractivity contribution in [2.75, 3.05) is 26.9 Å². The Bertz CT molecular complexity index is 651. The number of ether oxygens (including phenoxy) is 2. The lowest BCUT2D eigenvalue weighted by Gasteiger charge is -2.37. The van der Waals surface area contributed by atoms with Gasteiger partial charge in [0.25, 0.3) is 0 Å². The van der Waals surface area contributed by atoms with Gasteiger partial charge < -0.3 is 14.6 Å². The Kier molecular flexibility index (Phi) is 4.22. The van der Waals surface area contributed by atoms with Crippen LogP contribution in [-0.2, 0) is 14.8 Å². The van der Waals surface area contributed by atoms with Gasteiger partial charge in [-0.25, -0.2) is 17.9 Å². The van der Waals surface area contributed by atoms with Crippen LogP contribution in [0.1, 0.15) is 17.3 Å². The summed E-state index contributed by atoms with van der Waals surface area (Å²) < 4.78 is 36.9. The Morgan fingerprint density at radius 3 is 2.62 bits per heavy atom. The molecule has 1 aliphatic heterocycles. The minimum absolute atomic E-state index is 0.107. The van der Waals surface area contributed by atoms with E-state index in [0.29, 0.717) is 13.2 Å². The number of benzene rings is 1. The number of sulfonamides is 1. The summed E-state index contributed by atoms with van der Waals surface area (Å²) >= 11 is 0. The molecule has 0 spiro atoms. The van der Waals surface area contributed by atoms with Crippen LogP contribution in [0.15, 0.2) is 23.1 Å². The number of carboxylic acids is 1. The number of methoxy groups -OCH3 is 1. The molecule has 116 valence electrons. The van der Waals surface area contributed by atoms with Crippen LogP contribution in [-0.4, -0.2) is 46.4 Å². The second kappa shape index (κ2) is 5.63. The number of hydrogen-bond donors (Lipinski definition) is 2. The van der Waals surface area contributed by atoms with Gasteiger partial charge in [0.2, 0.25) is 10.0 Å². The van der Waals surface area contributed by atoms with Gasteiger partial charge in [-0.15, -0.1) is 0 Å². The maximum absolute atomic E-state index is 12.2. The summed E-state index contributed by atoms with van der Waals surface area (Å²) in [6, 6.07) is 3.72. The largest absolute Gasteiger partial charge is 0.496 e. The van der Waals surface area contributed by atoms with Gasteiger partial charge in [-0.05, 0) is 18.2 Å². The molecule has 1 aromatic carbocycles. The zero-order chi connectivity index (χ0) is 15.7. The molecule has 0 unspecified atom stereocenters. The van der Waals surface area contributed by atoms with E-state index in [1.165, 1.54) is 19.2 Å². The molecular formula is C13H17NO6S. The van der Waals surface area contributed by atoms with Crippen molar-refractivity contribution in [2.24, 2.45) is 5.41 Å². The standard InChI is InChI=1S/C13H17NO6S/c1-13(7-20-8-13)6-14-21(17,18)9-3-4-11(19-2)10(5-9)12(15)16/h3-5,14H,6-8H2,1-2H3,(H,15,16). The SMILES string of the molecule is COc1ccc(S(=O)(=O)NCC2(C)COC2)cc1C(=O)O. The molecule has 1 aliphatic rings. The number of carboxylic acid groups (broad SMARTS) is 1. The predicted molar refractivity (Wildman–Crippen MR) is 74.1 cm³/mol. The lowest BCUT2D eigenvalue weighted by Crippen LogP contribution is -2.48. The smallest absolute Gasteiger partial charge is 0.339 e. The number of hydrogen-bond acceptors (Lipinski definition) is 5. The molecule has 1 saturated heterocycles. The maximum atomic E-state index is 12.2. The van der Waals surface area contributed by atoms with Crippen LogP contribution in [0.5, 0.6) is 5.75 Å². The average molecular weight is 315 g/mol. The van der Waals surface area contributed by atoms with E-state index in [4.69, 9.17) is 14.6 Å². The van der Waals surface area contributed by atoms with Crippen LogP contribution in [0, 0.1) is 5.41 Å². The zero-order valence-corrected chi connectivity index (χ0v) is 12.6. The van der Waals surface area contributed by atoms with Crippen molar-refractivity contribution in [1.82, 2.24) is 4.72 Å². The van der Waals surface area contributed by atoms with E-state index in [9.17, 15) is 13.2 Å². The summed E-state index contributed by atoms with van der Waals surface area (Å²) in [7, 11) is -2.45. The predicted octanol–water partition coefficient (Wildman–Crippen LogP) is 0.708. The fourth-order valence-electron chi connectivity index (χ4n) is 1.93. The third-order valence-electron chi connectivity index (χ3n) is 3.30. The Balaban J connectivity index is 2.23. The number of rotatable bonds is 6. The van der Waals surface area contributed by atoms with Crippen LogP contribution in [0.2, 0.25) is 0 Å². The average Bonchev–Trinajstić information content (AvgIpc) is 2.42. The summed E-state index contributed by atoms with van der Waals surface area (Å²) in [4.78, 5) is 11.0. The van der Waals surface area contributed by atoms with E-state index >= 15 is 0 Å². The van der Waals surface area contributed by atoms with Gasteiger partial charge in [0, 0.05) is 12.0 Å². The van der Waals surface area contributed by atoms with Gasteiger partial charge in [-0.3, -0.25) is 0 Å². The molecule has 21 heavy (non-hydrogen) atoms. The van der Waals surface area contributed by atoms with E-state index in [2.05, 4.69) is 4.72 Å². The van der Waals surface area contributed by atoms with Crippen molar-refractivity contribution in [2.45, 2.75) is 11.8 Å². The van der Waals surface area contributed by atoms with E-state index in [-0.39, 0.29) is 28.2 Å². The Morgan fingerprint density at radius 1 is 1.48 bits per heavy atom. The molecular weight excluding hydrogens is 298 g/mol. The minimum Gasteiger partial charge on any atom is -0.496 e. The van der Waals surface area contributed by atoms with Gasteiger partial charge in [0.05, 0.1) is 25.2 Å². The summed E-state index contributed by atoms with van der Waals surface area (Å²) in [5.41, 5.74) is -0.409. The molecule has 0 amide bonds. The van der Waals surface area contributed by atoms with Crippen molar-refractivity contribution in [1.29, 1.82) is 0 Å². The second-order valence-corrected chi connectivity index (χ2v) is 7.06. The van der Waals surface area contributed by atoms with Gasteiger partial charge in [0.1, 0.15) is 11.3 Å². The van der Waals surface area contributed by atoms with Gasteiger partial charge in [-0.1, -0.05) is 6.92 Å². The number of nitrogens with one attached hydrogen (secondary N) is 1. The highest BCUT2D eigenvalue weighted by Crippen LogP contribution is 2.27. The van der Waals surface area contributed by atoms with Gasteiger partial charge in [0.15, 0.2) is 0 Å². The van der Waals surface area contributed by atoms with Crippen molar-refractivity contribution in [3.8, 4) is 5.75 Å². The third-order valence-corrected chi connectivity index (χ3v) is 4.70. The topological polar surface area (TPSA) is 102 Å². The molecule has 0 radical (unpaired) electrons. The summed E-state index contributed by atoms with van der Waals surface area (Å²) in [6.07, 6.45) is 0. The molecule has 0 aliphatic carbocycles. The first-order valence-electron chi connectivity index (χ1n) is 6.26. The highest BCUT2D eigenvalue weighted by molar-refractivity contribution is 7.89. The third kappa shape index (κ3) is 3.34. The zero-order valence-electron chi connectivity index (χ0n) is 11.8. The first-order valence-corrected chi connectivity index (χ1v) is 7.74. The molecule has 2 N–H and O–H groups in total. The molecule has 0 saturated carbocycles. The normalized spacial score (nSPS) is 17.0. The highest BCUT2D eigenvalue weighted by Gasteiger charge is 2.34. The molecule has 8 heteroatoms.